The molecule has 1 aliphatic heterocycles. The molecule has 7 heteroatoms. The molecule has 0 bridgehead atoms. The number of aliphatic hydroxyl groups is 3. The van der Waals surface area contributed by atoms with Gasteiger partial charge in [-0.3, -0.25) is 4.79 Å². The van der Waals surface area contributed by atoms with Crippen LogP contribution in [0.1, 0.15) is 0 Å². The molecule has 0 radical (unpaired) electrons. The standard InChI is InChI=1S/C6H7O6.Na/c7-1-2(8)5-3(9)4(10)6(11)12-5;/h2,5,7-8,10H,1H2;/q-1;+1/t2-,5?;/m0./s1. The molecule has 1 fully saturated rings. The van der Waals surface area contributed by atoms with Crippen molar-refractivity contribution in [3.63, 3.8) is 0 Å². The molecule has 1 saturated heterocycles. The molecule has 1 aliphatic rings. The van der Waals surface area contributed by atoms with Gasteiger partial charge in [0.25, 0.3) is 0 Å². The summed E-state index contributed by atoms with van der Waals surface area (Å²) in [7, 11) is 0. The van der Waals surface area contributed by atoms with Gasteiger partial charge in [0.2, 0.25) is 5.97 Å². The number of esters is 1. The summed E-state index contributed by atoms with van der Waals surface area (Å²) in [6.07, 6.45) is -3.99. The Bertz CT molecular complexity index is 217. The van der Waals surface area contributed by atoms with Crippen LogP contribution >= 0.6 is 0 Å². The van der Waals surface area contributed by atoms with Crippen molar-refractivity contribution in [3.8, 4) is 0 Å². The zero-order chi connectivity index (χ0) is 9.30. The van der Waals surface area contributed by atoms with E-state index in [0.717, 1.165) is 0 Å². The average Bonchev–Trinajstić information content (AvgIpc) is 2.32. The zero-order valence-corrected chi connectivity index (χ0v) is 8.93. The van der Waals surface area contributed by atoms with E-state index in [4.69, 9.17) is 15.3 Å². The Balaban J connectivity index is 0.00000144. The van der Waals surface area contributed by atoms with Crippen molar-refractivity contribution in [2.75, 3.05) is 6.61 Å². The molecule has 2 atom stereocenters. The third-order valence-corrected chi connectivity index (χ3v) is 1.46. The molecule has 68 valence electrons. The van der Waals surface area contributed by atoms with Crippen LogP contribution in [0.15, 0.2) is 0 Å². The Labute approximate surface area is 95.8 Å². The van der Waals surface area contributed by atoms with Gasteiger partial charge in [0.1, 0.15) is 6.10 Å². The van der Waals surface area contributed by atoms with Crippen LogP contribution in [-0.2, 0) is 14.3 Å². The van der Waals surface area contributed by atoms with Crippen molar-refractivity contribution in [1.29, 1.82) is 0 Å². The first kappa shape index (κ1) is 12.9. The topological polar surface area (TPSA) is 104 Å². The van der Waals surface area contributed by atoms with Crippen molar-refractivity contribution in [3.05, 3.63) is 6.10 Å². The number of cyclic esters (lactones) is 1. The van der Waals surface area contributed by atoms with Crippen molar-refractivity contribution in [1.82, 2.24) is 0 Å². The van der Waals surface area contributed by atoms with Crippen LogP contribution in [-0.4, -0.2) is 45.9 Å². The van der Waals surface area contributed by atoms with E-state index < -0.39 is 36.7 Å². The average molecular weight is 198 g/mol. The van der Waals surface area contributed by atoms with E-state index in [9.17, 15) is 9.59 Å². The molecule has 0 aromatic carbocycles. The predicted molar refractivity (Wildman–Crippen MR) is 33.2 cm³/mol. The van der Waals surface area contributed by atoms with Gasteiger partial charge in [0, 0.05) is 0 Å². The summed E-state index contributed by atoms with van der Waals surface area (Å²) in [4.78, 5) is 21.3. The summed E-state index contributed by atoms with van der Waals surface area (Å²) in [5.74, 6) is -2.17. The summed E-state index contributed by atoms with van der Waals surface area (Å²) in [6.45, 7) is -0.711. The van der Waals surface area contributed by atoms with Crippen LogP contribution in [0, 0.1) is 6.10 Å². The van der Waals surface area contributed by atoms with Crippen molar-refractivity contribution >= 4 is 11.8 Å². The molecule has 0 spiro atoms. The minimum absolute atomic E-state index is 0. The number of rotatable bonds is 2. The van der Waals surface area contributed by atoms with Gasteiger partial charge >= 0.3 is 29.6 Å². The number of ether oxygens (including phenoxy) is 1. The maximum absolute atomic E-state index is 10.8. The molecule has 13 heavy (non-hydrogen) atoms. The minimum Gasteiger partial charge on any atom is -0.526 e. The molecule has 0 aromatic rings. The number of aliphatic hydroxyl groups excluding tert-OH is 3. The van der Waals surface area contributed by atoms with Gasteiger partial charge in [-0.2, -0.15) is 0 Å². The maximum atomic E-state index is 10.8. The van der Waals surface area contributed by atoms with Gasteiger partial charge in [-0.25, -0.2) is 0 Å². The number of ketones is 1. The molecule has 3 N–H and O–H groups in total. The predicted octanol–water partition coefficient (Wildman–Crippen LogP) is -5.26. The van der Waals surface area contributed by atoms with Gasteiger partial charge in [-0.05, 0) is 0 Å². The summed E-state index contributed by atoms with van der Waals surface area (Å²) in [5, 5.41) is 26.0. The Kier molecular flexibility index (Phi) is 4.90. The van der Waals surface area contributed by atoms with Crippen LogP contribution in [0.4, 0.5) is 0 Å². The molecule has 1 unspecified atom stereocenters. The largest absolute Gasteiger partial charge is 1.00 e. The van der Waals surface area contributed by atoms with Gasteiger partial charge in [-0.1, -0.05) is 6.10 Å². The van der Waals surface area contributed by atoms with Crippen molar-refractivity contribution in [2.45, 2.75) is 12.2 Å². The SMILES string of the molecule is O=C1OC([C@@H](O)CO)C(=O)[C-]1O.[Na+]. The second-order valence-electron chi connectivity index (χ2n) is 2.29. The first-order valence-corrected chi connectivity index (χ1v) is 3.18. The minimum atomic E-state index is -1.48. The fraction of sp³-hybridized carbons (Fsp3) is 0.500. The fourth-order valence-electron chi connectivity index (χ4n) is 0.809. The van der Waals surface area contributed by atoms with E-state index in [2.05, 4.69) is 4.74 Å². The van der Waals surface area contributed by atoms with E-state index in [-0.39, 0.29) is 29.6 Å². The molecule has 0 aromatic heterocycles. The molecule has 6 nitrogen and oxygen atoms in total. The molecule has 0 aliphatic carbocycles. The van der Waals surface area contributed by atoms with Crippen LogP contribution < -0.4 is 29.6 Å². The van der Waals surface area contributed by atoms with E-state index >= 15 is 0 Å². The second-order valence-corrected chi connectivity index (χ2v) is 2.29. The number of Topliss-reactive ketones (excluding diaryl/α,β-unsaturated/α-hetero) is 1. The van der Waals surface area contributed by atoms with Gasteiger partial charge < -0.3 is 24.9 Å². The van der Waals surface area contributed by atoms with Gasteiger partial charge in [0.05, 0.1) is 12.4 Å². The van der Waals surface area contributed by atoms with Crippen LogP contribution in [0.25, 0.3) is 0 Å². The molecule has 1 rings (SSSR count). The number of carbonyl (C=O) groups excluding carboxylic acids is 2. The van der Waals surface area contributed by atoms with Gasteiger partial charge in [-0.15, -0.1) is 0 Å². The molecule has 0 amide bonds. The Morgan fingerprint density at radius 1 is 1.54 bits per heavy atom. The normalized spacial score (nSPS) is 23.9. The van der Waals surface area contributed by atoms with Crippen LogP contribution in [0.5, 0.6) is 0 Å². The van der Waals surface area contributed by atoms with E-state index in [1.165, 1.54) is 0 Å². The van der Waals surface area contributed by atoms with Crippen LogP contribution in [0.3, 0.4) is 0 Å². The monoisotopic (exact) mass is 198 g/mol. The summed E-state index contributed by atoms with van der Waals surface area (Å²) >= 11 is 0. The summed E-state index contributed by atoms with van der Waals surface area (Å²) in [5.41, 5.74) is 0. The van der Waals surface area contributed by atoms with E-state index in [1.54, 1.807) is 0 Å². The maximum Gasteiger partial charge on any atom is 1.00 e. The molecular weight excluding hydrogens is 191 g/mol. The number of hydrogen-bond acceptors (Lipinski definition) is 6. The van der Waals surface area contributed by atoms with E-state index in [0.29, 0.717) is 0 Å². The Morgan fingerprint density at radius 3 is 2.38 bits per heavy atom. The molecular formula is C6H7NaO6. The fourth-order valence-corrected chi connectivity index (χ4v) is 0.809. The first-order valence-electron chi connectivity index (χ1n) is 3.18. The Hall–Kier alpha value is -0.110. The number of hydrogen-bond donors (Lipinski definition) is 3. The smallest absolute Gasteiger partial charge is 0.526 e. The van der Waals surface area contributed by atoms with Gasteiger partial charge in [0.15, 0.2) is 6.10 Å². The third-order valence-electron chi connectivity index (χ3n) is 1.46. The van der Waals surface area contributed by atoms with Crippen molar-refractivity contribution < 1.29 is 59.2 Å². The molecule has 0 saturated carbocycles. The zero-order valence-electron chi connectivity index (χ0n) is 6.93. The Morgan fingerprint density at radius 2 is 2.08 bits per heavy atom. The second kappa shape index (κ2) is 4.94. The first-order chi connectivity index (χ1) is 5.57. The van der Waals surface area contributed by atoms with Crippen LogP contribution in [0.2, 0.25) is 0 Å². The van der Waals surface area contributed by atoms with E-state index in [1.807, 2.05) is 0 Å². The third kappa shape index (κ3) is 2.43. The quantitative estimate of drug-likeness (QED) is 0.232. The summed E-state index contributed by atoms with van der Waals surface area (Å²) < 4.78 is 4.25. The number of carbonyl (C=O) groups is 2. The van der Waals surface area contributed by atoms with Crippen molar-refractivity contribution in [2.24, 2.45) is 0 Å². The summed E-state index contributed by atoms with van der Waals surface area (Å²) in [6, 6.07) is 0. The molecule has 1 heterocycles.